The maximum Gasteiger partial charge on any atom is 0.451 e. The lowest BCUT2D eigenvalue weighted by Crippen LogP contribution is -2.57. The second-order valence-electron chi connectivity index (χ2n) is 7.94. The summed E-state index contributed by atoms with van der Waals surface area (Å²) in [5.74, 6) is -1.61. The van der Waals surface area contributed by atoms with Crippen LogP contribution < -0.4 is 11.1 Å². The number of aliphatic carboxylic acids is 1. The molecule has 8 nitrogen and oxygen atoms in total. The lowest BCUT2D eigenvalue weighted by molar-refractivity contribution is -0.146. The van der Waals surface area contributed by atoms with Crippen LogP contribution in [-0.2, 0) is 11.2 Å². The number of rotatable bonds is 10. The van der Waals surface area contributed by atoms with Crippen molar-refractivity contribution in [2.24, 2.45) is 11.7 Å². The Kier molecular flexibility index (Phi) is 9.07. The van der Waals surface area contributed by atoms with Crippen LogP contribution in [0, 0.1) is 11.7 Å². The lowest BCUT2D eigenvalue weighted by atomic mass is 9.74. The Balaban J connectivity index is 1.77. The first-order valence-electron chi connectivity index (χ1n) is 10.4. The first-order valence-corrected chi connectivity index (χ1v) is 10.4. The first-order chi connectivity index (χ1) is 14.2. The van der Waals surface area contributed by atoms with Crippen LogP contribution >= 0.6 is 0 Å². The largest absolute Gasteiger partial charge is 0.480 e. The number of hydrogen-bond acceptors (Lipinski definition) is 5. The maximum absolute atomic E-state index is 12.9. The number of halogens is 1. The van der Waals surface area contributed by atoms with E-state index in [9.17, 15) is 19.1 Å². The molecule has 1 aliphatic rings. The molecule has 0 bridgehead atoms. The number of likely N-dealkylation sites (tertiary alicyclic amines) is 1. The minimum absolute atomic E-state index is 0.187. The molecule has 1 aromatic rings. The molecule has 2 rings (SSSR count). The predicted octanol–water partition coefficient (Wildman–Crippen LogP) is 1.21. The molecule has 1 aromatic carbocycles. The third-order valence-corrected chi connectivity index (χ3v) is 5.81. The summed E-state index contributed by atoms with van der Waals surface area (Å²) in [5.41, 5.74) is 5.78. The zero-order valence-corrected chi connectivity index (χ0v) is 17.1. The third-order valence-electron chi connectivity index (χ3n) is 5.81. The second-order valence-corrected chi connectivity index (χ2v) is 7.94. The van der Waals surface area contributed by atoms with E-state index in [0.717, 1.165) is 5.56 Å². The van der Waals surface area contributed by atoms with Gasteiger partial charge in [0.1, 0.15) is 11.4 Å². The molecule has 1 saturated heterocycles. The van der Waals surface area contributed by atoms with Crippen molar-refractivity contribution >= 4 is 19.1 Å². The van der Waals surface area contributed by atoms with Gasteiger partial charge in [-0.15, -0.1) is 0 Å². The Morgan fingerprint density at radius 3 is 2.40 bits per heavy atom. The van der Waals surface area contributed by atoms with Crippen LogP contribution in [0.4, 0.5) is 9.18 Å². The van der Waals surface area contributed by atoms with Gasteiger partial charge in [0.05, 0.1) is 0 Å². The molecule has 1 unspecified atom stereocenters. The number of nitrogens with zero attached hydrogens (tertiary/aromatic N) is 1. The average molecular weight is 423 g/mol. The van der Waals surface area contributed by atoms with Gasteiger partial charge in [-0.05, 0) is 55.6 Å². The molecule has 0 radical (unpaired) electrons. The molecule has 1 heterocycles. The van der Waals surface area contributed by atoms with E-state index in [-0.39, 0.29) is 30.5 Å². The predicted molar refractivity (Wildman–Crippen MR) is 111 cm³/mol. The number of carbonyl (C=O) groups excluding carboxylic acids is 1. The van der Waals surface area contributed by atoms with E-state index in [2.05, 4.69) is 5.32 Å². The summed E-state index contributed by atoms with van der Waals surface area (Å²) in [6.07, 6.45) is 3.00. The monoisotopic (exact) mass is 423 g/mol. The molecule has 166 valence electrons. The summed E-state index contributed by atoms with van der Waals surface area (Å²) < 4.78 is 12.9. The number of piperidine rings is 1. The van der Waals surface area contributed by atoms with Crippen LogP contribution in [0.2, 0.25) is 6.32 Å². The summed E-state index contributed by atoms with van der Waals surface area (Å²) >= 11 is 0. The molecule has 1 atom stereocenters. The number of carboxylic acids is 1. The van der Waals surface area contributed by atoms with Gasteiger partial charge in [0.15, 0.2) is 0 Å². The van der Waals surface area contributed by atoms with Gasteiger partial charge in [0.25, 0.3) is 0 Å². The van der Waals surface area contributed by atoms with E-state index in [1.165, 1.54) is 12.1 Å². The maximum atomic E-state index is 12.9. The molecule has 0 aromatic heterocycles. The van der Waals surface area contributed by atoms with Crippen LogP contribution in [-0.4, -0.2) is 64.3 Å². The second kappa shape index (κ2) is 11.3. The van der Waals surface area contributed by atoms with Gasteiger partial charge >= 0.3 is 19.1 Å². The summed E-state index contributed by atoms with van der Waals surface area (Å²) in [7, 11) is -1.40. The number of carboxylic acid groups (broad SMARTS) is 1. The van der Waals surface area contributed by atoms with Gasteiger partial charge < -0.3 is 31.1 Å². The van der Waals surface area contributed by atoms with E-state index in [1.54, 1.807) is 17.0 Å². The summed E-state index contributed by atoms with van der Waals surface area (Å²) in [5, 5.41) is 30.3. The lowest BCUT2D eigenvalue weighted by Gasteiger charge is -2.40. The number of amides is 2. The molecule has 0 aliphatic carbocycles. The van der Waals surface area contributed by atoms with E-state index < -0.39 is 18.6 Å². The molecule has 2 amide bonds. The number of benzene rings is 1. The van der Waals surface area contributed by atoms with Crippen molar-refractivity contribution in [2.45, 2.75) is 50.4 Å². The Morgan fingerprint density at radius 2 is 1.83 bits per heavy atom. The molecule has 1 aliphatic heterocycles. The molecule has 0 spiro atoms. The molecule has 0 saturated carbocycles. The number of nitrogens with two attached hydrogens (primary N) is 1. The number of unbranched alkanes of at least 4 members (excludes halogenated alkanes) is 1. The van der Waals surface area contributed by atoms with E-state index in [4.69, 9.17) is 15.8 Å². The van der Waals surface area contributed by atoms with Crippen LogP contribution in [0.3, 0.4) is 0 Å². The van der Waals surface area contributed by atoms with E-state index >= 15 is 0 Å². The number of hydrogen-bond donors (Lipinski definition) is 5. The molecule has 1 fully saturated rings. The zero-order valence-electron chi connectivity index (χ0n) is 17.1. The van der Waals surface area contributed by atoms with Gasteiger partial charge in [-0.25, -0.2) is 9.18 Å². The molecule has 6 N–H and O–H groups in total. The average Bonchev–Trinajstić information content (AvgIpc) is 2.72. The van der Waals surface area contributed by atoms with Crippen LogP contribution in [0.5, 0.6) is 0 Å². The Morgan fingerprint density at radius 1 is 1.20 bits per heavy atom. The van der Waals surface area contributed by atoms with Crippen molar-refractivity contribution in [3.05, 3.63) is 35.6 Å². The van der Waals surface area contributed by atoms with E-state index in [1.807, 2.05) is 0 Å². The molecule has 10 heteroatoms. The third kappa shape index (κ3) is 6.96. The quantitative estimate of drug-likeness (QED) is 0.284. The van der Waals surface area contributed by atoms with Crippen LogP contribution in [0.15, 0.2) is 24.3 Å². The van der Waals surface area contributed by atoms with Crippen molar-refractivity contribution in [1.29, 1.82) is 0 Å². The van der Waals surface area contributed by atoms with Crippen molar-refractivity contribution in [2.75, 3.05) is 19.6 Å². The zero-order chi connectivity index (χ0) is 22.1. The van der Waals surface area contributed by atoms with Gasteiger partial charge in [0, 0.05) is 19.6 Å². The SMILES string of the molecule is NC(CCCCB(O)O)(C(=O)O)C1CCN(C(=O)NCCc2ccc(F)cc2)CC1. The first kappa shape index (κ1) is 24.1. The highest BCUT2D eigenvalue weighted by Gasteiger charge is 2.43. The number of urea groups is 1. The van der Waals surface area contributed by atoms with Gasteiger partial charge in [-0.2, -0.15) is 0 Å². The topological polar surface area (TPSA) is 136 Å². The molecular weight excluding hydrogens is 392 g/mol. The van der Waals surface area contributed by atoms with Crippen molar-refractivity contribution in [1.82, 2.24) is 10.2 Å². The van der Waals surface area contributed by atoms with E-state index in [0.29, 0.717) is 51.7 Å². The summed E-state index contributed by atoms with van der Waals surface area (Å²) in [6.45, 7) is 1.28. The van der Waals surface area contributed by atoms with Crippen molar-refractivity contribution in [3.8, 4) is 0 Å². The minimum atomic E-state index is -1.40. The number of carbonyl (C=O) groups is 2. The Labute approximate surface area is 176 Å². The van der Waals surface area contributed by atoms with Gasteiger partial charge in [-0.1, -0.05) is 25.0 Å². The minimum Gasteiger partial charge on any atom is -0.480 e. The summed E-state index contributed by atoms with van der Waals surface area (Å²) in [6, 6.07) is 5.93. The highest BCUT2D eigenvalue weighted by atomic mass is 19.1. The van der Waals surface area contributed by atoms with Gasteiger partial charge in [0.2, 0.25) is 0 Å². The fraction of sp³-hybridized carbons (Fsp3) is 0.600. The smallest absolute Gasteiger partial charge is 0.451 e. The fourth-order valence-corrected chi connectivity index (χ4v) is 3.90. The van der Waals surface area contributed by atoms with Gasteiger partial charge in [-0.3, -0.25) is 4.79 Å². The Bertz CT molecular complexity index is 698. The number of nitrogens with one attached hydrogen (secondary N) is 1. The van der Waals surface area contributed by atoms with Crippen LogP contribution in [0.1, 0.15) is 37.7 Å². The highest BCUT2D eigenvalue weighted by molar-refractivity contribution is 6.40. The Hall–Kier alpha value is -2.17. The van der Waals surface area contributed by atoms with Crippen molar-refractivity contribution in [3.63, 3.8) is 0 Å². The van der Waals surface area contributed by atoms with Crippen LogP contribution in [0.25, 0.3) is 0 Å². The molecular formula is C20H31BFN3O5. The fourth-order valence-electron chi connectivity index (χ4n) is 3.90. The highest BCUT2D eigenvalue weighted by Crippen LogP contribution is 2.31. The molecule has 30 heavy (non-hydrogen) atoms. The van der Waals surface area contributed by atoms with Crippen molar-refractivity contribution < 1.29 is 29.1 Å². The summed E-state index contributed by atoms with van der Waals surface area (Å²) in [4.78, 5) is 25.8. The standard InChI is InChI=1S/C20H31BFN3O5/c22-17-5-3-15(4-6-17)7-12-24-19(28)25-13-8-16(9-14-25)20(23,18(26)27)10-1-2-11-21(29)30/h3-6,16,29-30H,1-2,7-14,23H2,(H,24,28)(H,26,27). The normalized spacial score (nSPS) is 16.7.